The van der Waals surface area contributed by atoms with Gasteiger partial charge >= 0.3 is 6.18 Å². The second-order valence-corrected chi connectivity index (χ2v) is 4.41. The van der Waals surface area contributed by atoms with Gasteiger partial charge in [-0.15, -0.1) is 0 Å². The van der Waals surface area contributed by atoms with Crippen LogP contribution in [-0.4, -0.2) is 15.3 Å². The van der Waals surface area contributed by atoms with Crippen LogP contribution in [0.1, 0.15) is 11.1 Å². The van der Waals surface area contributed by atoms with Crippen LogP contribution in [0.15, 0.2) is 46.6 Å². The van der Waals surface area contributed by atoms with E-state index in [9.17, 15) is 23.4 Å². The Balaban J connectivity index is 2.10. The number of nitrogens with zero attached hydrogens (tertiary/aromatic N) is 2. The first kappa shape index (κ1) is 15.6. The molecule has 5 nitrogen and oxygen atoms in total. The third kappa shape index (κ3) is 3.66. The van der Waals surface area contributed by atoms with Gasteiger partial charge in [0.15, 0.2) is 0 Å². The molecule has 0 aliphatic rings. The first-order chi connectivity index (χ1) is 10.3. The van der Waals surface area contributed by atoms with Crippen LogP contribution in [0.2, 0.25) is 0 Å². The number of rotatable bonds is 3. The maximum atomic E-state index is 12.4. The molecule has 0 amide bonds. The predicted molar refractivity (Wildman–Crippen MR) is 71.1 cm³/mol. The molecule has 0 saturated heterocycles. The molecule has 22 heavy (non-hydrogen) atoms. The van der Waals surface area contributed by atoms with E-state index in [1.807, 2.05) is 0 Å². The van der Waals surface area contributed by atoms with Crippen LogP contribution >= 0.6 is 0 Å². The third-order valence-electron chi connectivity index (χ3n) is 2.80. The Bertz CT molecular complexity index is 674. The summed E-state index contributed by atoms with van der Waals surface area (Å²) in [7, 11) is 0. The summed E-state index contributed by atoms with van der Waals surface area (Å²) >= 11 is 0. The quantitative estimate of drug-likeness (QED) is 0.746. The molecule has 0 radical (unpaired) electrons. The molecule has 2 rings (SSSR count). The highest BCUT2D eigenvalue weighted by Crippen LogP contribution is 2.33. The van der Waals surface area contributed by atoms with Gasteiger partial charge in [0.1, 0.15) is 17.2 Å². The summed E-state index contributed by atoms with van der Waals surface area (Å²) in [4.78, 5) is 0. The number of hydrogen-bond donors (Lipinski definition) is 3. The second-order valence-electron chi connectivity index (χ2n) is 4.41. The Hall–Kier alpha value is -2.77. The van der Waals surface area contributed by atoms with E-state index in [4.69, 9.17) is 5.11 Å². The summed E-state index contributed by atoms with van der Waals surface area (Å²) < 4.78 is 37.2. The fourth-order valence-electron chi connectivity index (χ4n) is 1.69. The van der Waals surface area contributed by atoms with Gasteiger partial charge in [0, 0.05) is 12.1 Å². The Morgan fingerprint density at radius 3 is 1.95 bits per heavy atom. The Labute approximate surface area is 123 Å². The maximum Gasteiger partial charge on any atom is 0.416 e. The van der Waals surface area contributed by atoms with Gasteiger partial charge in [-0.25, -0.2) is 0 Å². The van der Waals surface area contributed by atoms with Gasteiger partial charge in [-0.1, -0.05) is 0 Å². The Morgan fingerprint density at radius 2 is 1.45 bits per heavy atom. The van der Waals surface area contributed by atoms with E-state index in [0.717, 1.165) is 36.4 Å². The number of hydrogen-bond acceptors (Lipinski definition) is 5. The Kier molecular flexibility index (Phi) is 4.20. The van der Waals surface area contributed by atoms with E-state index in [-0.39, 0.29) is 35.0 Å². The first-order valence-corrected chi connectivity index (χ1v) is 6.06. The molecule has 0 spiro atoms. The van der Waals surface area contributed by atoms with Crippen LogP contribution in [0.25, 0.3) is 0 Å². The minimum absolute atomic E-state index is 0.0495. The van der Waals surface area contributed by atoms with Gasteiger partial charge < -0.3 is 15.3 Å². The third-order valence-corrected chi connectivity index (χ3v) is 2.80. The molecule has 0 fully saturated rings. The van der Waals surface area contributed by atoms with Crippen molar-refractivity contribution in [3.05, 3.63) is 47.5 Å². The molecule has 0 heterocycles. The van der Waals surface area contributed by atoms with Crippen molar-refractivity contribution in [2.45, 2.75) is 12.7 Å². The lowest BCUT2D eigenvalue weighted by molar-refractivity contribution is -0.137. The lowest BCUT2D eigenvalue weighted by Crippen LogP contribution is -2.03. The van der Waals surface area contributed by atoms with Gasteiger partial charge in [-0.05, 0) is 24.3 Å². The molecule has 0 aliphatic carbocycles. The van der Waals surface area contributed by atoms with Crippen molar-refractivity contribution >= 4 is 5.69 Å². The summed E-state index contributed by atoms with van der Waals surface area (Å²) in [5.41, 5.74) is -0.542. The van der Waals surface area contributed by atoms with Crippen LogP contribution < -0.4 is 0 Å². The second kappa shape index (κ2) is 5.92. The number of benzene rings is 2. The zero-order valence-electron chi connectivity index (χ0n) is 11.0. The van der Waals surface area contributed by atoms with Gasteiger partial charge in [0.25, 0.3) is 0 Å². The van der Waals surface area contributed by atoms with Gasteiger partial charge in [0.2, 0.25) is 0 Å². The summed E-state index contributed by atoms with van der Waals surface area (Å²) in [6, 6.07) is 6.13. The summed E-state index contributed by atoms with van der Waals surface area (Å²) in [6.45, 7) is -0.195. The molecule has 0 unspecified atom stereocenters. The van der Waals surface area contributed by atoms with Crippen LogP contribution in [0.5, 0.6) is 17.2 Å². The molecule has 0 bridgehead atoms. The first-order valence-electron chi connectivity index (χ1n) is 6.06. The highest BCUT2D eigenvalue weighted by molar-refractivity contribution is 5.48. The smallest absolute Gasteiger partial charge is 0.416 e. The molecule has 0 aliphatic heterocycles. The number of phenolic OH excluding ortho intramolecular Hbond substituents is 3. The van der Waals surface area contributed by atoms with E-state index < -0.39 is 11.7 Å². The zero-order valence-corrected chi connectivity index (χ0v) is 11.0. The van der Waals surface area contributed by atoms with Crippen molar-refractivity contribution in [3.8, 4) is 17.2 Å². The molecule has 8 heteroatoms. The fraction of sp³-hybridized carbons (Fsp3) is 0.143. The topological polar surface area (TPSA) is 85.4 Å². The number of phenols is 3. The zero-order chi connectivity index (χ0) is 16.3. The van der Waals surface area contributed by atoms with E-state index >= 15 is 0 Å². The van der Waals surface area contributed by atoms with Crippen LogP contribution in [0, 0.1) is 0 Å². The minimum atomic E-state index is -4.42. The maximum absolute atomic E-state index is 12.4. The lowest BCUT2D eigenvalue weighted by Gasteiger charge is -2.06. The van der Waals surface area contributed by atoms with Crippen LogP contribution in [-0.2, 0) is 12.7 Å². The van der Waals surface area contributed by atoms with Crippen molar-refractivity contribution in [2.24, 2.45) is 10.2 Å². The molecule has 0 atom stereocenters. The average molecular weight is 312 g/mol. The van der Waals surface area contributed by atoms with Crippen LogP contribution in [0.4, 0.5) is 18.9 Å². The van der Waals surface area contributed by atoms with Crippen LogP contribution in [0.3, 0.4) is 0 Å². The molecular formula is C14H11F3N2O3. The number of azo groups is 1. The molecule has 2 aromatic rings. The van der Waals surface area contributed by atoms with Crippen molar-refractivity contribution in [3.63, 3.8) is 0 Å². The molecule has 0 aromatic heterocycles. The highest BCUT2D eigenvalue weighted by Gasteiger charge is 2.29. The standard InChI is InChI=1S/C14H11F3N2O3/c15-14(16,17)8-1-3-9(4-2-8)19-18-7-11-12(21)5-10(20)6-13(11)22/h1-6,20-22H,7H2. The van der Waals surface area contributed by atoms with E-state index in [0.29, 0.717) is 0 Å². The number of alkyl halides is 3. The van der Waals surface area contributed by atoms with E-state index in [1.165, 1.54) is 0 Å². The van der Waals surface area contributed by atoms with E-state index in [2.05, 4.69) is 10.2 Å². The van der Waals surface area contributed by atoms with Crippen molar-refractivity contribution < 1.29 is 28.5 Å². The summed E-state index contributed by atoms with van der Waals surface area (Å²) in [6.07, 6.45) is -4.42. The number of aromatic hydroxyl groups is 3. The summed E-state index contributed by atoms with van der Waals surface area (Å²) in [5, 5.41) is 35.6. The Morgan fingerprint density at radius 1 is 0.909 bits per heavy atom. The fourth-order valence-corrected chi connectivity index (χ4v) is 1.69. The average Bonchev–Trinajstić information content (AvgIpc) is 2.41. The number of halogens is 3. The van der Waals surface area contributed by atoms with Gasteiger partial charge in [-0.2, -0.15) is 23.4 Å². The van der Waals surface area contributed by atoms with Crippen molar-refractivity contribution in [1.82, 2.24) is 0 Å². The molecule has 0 saturated carbocycles. The molecule has 2 aromatic carbocycles. The van der Waals surface area contributed by atoms with E-state index in [1.54, 1.807) is 0 Å². The highest BCUT2D eigenvalue weighted by atomic mass is 19.4. The SMILES string of the molecule is Oc1cc(O)c(CN=Nc2ccc(C(F)(F)F)cc2)c(O)c1. The predicted octanol–water partition coefficient (Wildman–Crippen LogP) is 4.11. The monoisotopic (exact) mass is 312 g/mol. The molecule has 3 N–H and O–H groups in total. The molecule has 116 valence electrons. The van der Waals surface area contributed by atoms with Gasteiger partial charge in [-0.3, -0.25) is 0 Å². The lowest BCUT2D eigenvalue weighted by atomic mass is 10.1. The van der Waals surface area contributed by atoms with Crippen molar-refractivity contribution in [1.29, 1.82) is 0 Å². The van der Waals surface area contributed by atoms with Crippen molar-refractivity contribution in [2.75, 3.05) is 0 Å². The minimum Gasteiger partial charge on any atom is -0.508 e. The van der Waals surface area contributed by atoms with Gasteiger partial charge in [0.05, 0.1) is 23.4 Å². The summed E-state index contributed by atoms with van der Waals surface area (Å²) in [5.74, 6) is -1.02. The molecular weight excluding hydrogens is 301 g/mol. The largest absolute Gasteiger partial charge is 0.508 e. The normalized spacial score (nSPS) is 12.0.